The van der Waals surface area contributed by atoms with Gasteiger partial charge < -0.3 is 4.98 Å². The lowest BCUT2D eigenvalue weighted by molar-refractivity contribution is -0.137. The number of rotatable bonds is 6. The number of hydrogen-bond donors (Lipinski definition) is 1. The number of Topliss-reactive ketones (excluding diaryl/α,β-unsaturated/α-hetero) is 1. The molecule has 29 heavy (non-hydrogen) atoms. The van der Waals surface area contributed by atoms with Crippen LogP contribution in [0.5, 0.6) is 0 Å². The van der Waals surface area contributed by atoms with Gasteiger partial charge in [-0.15, -0.1) is 0 Å². The zero-order valence-electron chi connectivity index (χ0n) is 15.0. The number of alkyl halides is 3. The van der Waals surface area contributed by atoms with E-state index in [-0.39, 0.29) is 29.9 Å². The number of nitrogens with zero attached hydrogens (tertiary/aromatic N) is 1. The second kappa shape index (κ2) is 8.38. The van der Waals surface area contributed by atoms with Gasteiger partial charge in [-0.25, -0.2) is 4.39 Å². The molecule has 150 valence electrons. The van der Waals surface area contributed by atoms with E-state index >= 15 is 0 Å². The average molecular weight is 404 g/mol. The monoisotopic (exact) mass is 404 g/mol. The molecule has 0 unspecified atom stereocenters. The van der Waals surface area contributed by atoms with Gasteiger partial charge in [-0.1, -0.05) is 18.2 Å². The first-order chi connectivity index (χ1) is 13.7. The van der Waals surface area contributed by atoms with E-state index in [1.165, 1.54) is 48.8 Å². The molecule has 3 rings (SSSR count). The normalized spacial score (nSPS) is 12.6. The second-order valence-corrected chi connectivity index (χ2v) is 6.52. The van der Waals surface area contributed by atoms with Crippen LogP contribution in [0, 0.1) is 5.82 Å². The minimum atomic E-state index is -4.50. The average Bonchev–Trinajstić information content (AvgIpc) is 2.68. The quantitative estimate of drug-likeness (QED) is 0.625. The number of carbonyl (C=O) groups excluding carboxylic acids is 1. The SMILES string of the molecule is O=C(Cc1ccc(=O)[nH]c1)C[C@@H](c1ccc(C(F)(F)F)cc1)c1ncccc1F. The highest BCUT2D eigenvalue weighted by atomic mass is 19.4. The van der Waals surface area contributed by atoms with Crippen LogP contribution in [-0.4, -0.2) is 15.8 Å². The van der Waals surface area contributed by atoms with Gasteiger partial charge in [0.25, 0.3) is 0 Å². The summed E-state index contributed by atoms with van der Waals surface area (Å²) in [6.45, 7) is 0. The molecule has 0 amide bonds. The highest BCUT2D eigenvalue weighted by Gasteiger charge is 2.31. The summed E-state index contributed by atoms with van der Waals surface area (Å²) in [5, 5.41) is 0. The molecule has 1 atom stereocenters. The van der Waals surface area contributed by atoms with Crippen LogP contribution in [0.3, 0.4) is 0 Å². The Morgan fingerprint density at radius 3 is 2.38 bits per heavy atom. The summed E-state index contributed by atoms with van der Waals surface area (Å²) < 4.78 is 52.8. The minimum Gasteiger partial charge on any atom is -0.329 e. The van der Waals surface area contributed by atoms with Crippen molar-refractivity contribution in [3.05, 3.63) is 99.5 Å². The molecule has 1 aromatic carbocycles. The summed E-state index contributed by atoms with van der Waals surface area (Å²) in [6, 6.07) is 9.63. The number of halogens is 4. The van der Waals surface area contributed by atoms with Crippen molar-refractivity contribution in [2.45, 2.75) is 24.9 Å². The Bertz CT molecular complexity index is 1040. The first-order valence-corrected chi connectivity index (χ1v) is 8.71. The summed E-state index contributed by atoms with van der Waals surface area (Å²) >= 11 is 0. The molecule has 2 aromatic heterocycles. The van der Waals surface area contributed by atoms with Crippen LogP contribution in [0.2, 0.25) is 0 Å². The Hall–Kier alpha value is -3.29. The largest absolute Gasteiger partial charge is 0.416 e. The molecule has 0 aliphatic heterocycles. The van der Waals surface area contributed by atoms with E-state index in [1.807, 2.05) is 0 Å². The van der Waals surface area contributed by atoms with Crippen molar-refractivity contribution >= 4 is 5.78 Å². The lowest BCUT2D eigenvalue weighted by Gasteiger charge is -2.18. The van der Waals surface area contributed by atoms with Gasteiger partial charge in [-0.05, 0) is 35.4 Å². The van der Waals surface area contributed by atoms with E-state index in [0.29, 0.717) is 11.1 Å². The number of pyridine rings is 2. The van der Waals surface area contributed by atoms with E-state index in [4.69, 9.17) is 0 Å². The summed E-state index contributed by atoms with van der Waals surface area (Å²) in [6.07, 6.45) is -1.89. The summed E-state index contributed by atoms with van der Waals surface area (Å²) in [5.41, 5.74) is -0.227. The zero-order valence-corrected chi connectivity index (χ0v) is 15.0. The predicted molar refractivity (Wildman–Crippen MR) is 97.9 cm³/mol. The molecule has 0 aliphatic rings. The molecular formula is C21H16F4N2O2. The van der Waals surface area contributed by atoms with Gasteiger partial charge >= 0.3 is 6.18 Å². The maximum atomic E-state index is 14.3. The molecule has 0 saturated heterocycles. The molecule has 3 aromatic rings. The standard InChI is InChI=1S/C21H16F4N2O2/c22-18-2-1-9-26-20(18)17(14-4-6-15(7-5-14)21(23,24)25)11-16(28)10-13-3-8-19(29)27-12-13/h1-9,12,17H,10-11H2,(H,27,29)/t17-/m0/s1. The van der Waals surface area contributed by atoms with Crippen molar-refractivity contribution in [1.82, 2.24) is 9.97 Å². The molecule has 2 heterocycles. The van der Waals surface area contributed by atoms with Gasteiger partial charge in [0.15, 0.2) is 0 Å². The fraction of sp³-hybridized carbons (Fsp3) is 0.190. The van der Waals surface area contributed by atoms with E-state index in [1.54, 1.807) is 0 Å². The highest BCUT2D eigenvalue weighted by Crippen LogP contribution is 2.33. The summed E-state index contributed by atoms with van der Waals surface area (Å²) in [4.78, 5) is 30.2. The maximum absolute atomic E-state index is 14.3. The molecule has 0 bridgehead atoms. The molecule has 0 aliphatic carbocycles. The van der Waals surface area contributed by atoms with Gasteiger partial charge in [0.05, 0.1) is 11.3 Å². The highest BCUT2D eigenvalue weighted by molar-refractivity contribution is 5.82. The molecule has 0 fully saturated rings. The van der Waals surface area contributed by atoms with Crippen LogP contribution in [0.15, 0.2) is 65.7 Å². The van der Waals surface area contributed by atoms with Gasteiger partial charge in [-0.3, -0.25) is 14.6 Å². The van der Waals surface area contributed by atoms with Gasteiger partial charge in [0.2, 0.25) is 5.56 Å². The molecule has 0 radical (unpaired) electrons. The molecule has 1 N–H and O–H groups in total. The van der Waals surface area contributed by atoms with Crippen LogP contribution < -0.4 is 5.56 Å². The third-order valence-corrected chi connectivity index (χ3v) is 4.44. The Morgan fingerprint density at radius 1 is 1.07 bits per heavy atom. The lowest BCUT2D eigenvalue weighted by atomic mass is 9.88. The third kappa shape index (κ3) is 5.16. The maximum Gasteiger partial charge on any atom is 0.416 e. The Balaban J connectivity index is 1.89. The second-order valence-electron chi connectivity index (χ2n) is 6.52. The topological polar surface area (TPSA) is 62.8 Å². The fourth-order valence-electron chi connectivity index (χ4n) is 3.01. The fourth-order valence-corrected chi connectivity index (χ4v) is 3.01. The Labute approximate surface area is 163 Å². The smallest absolute Gasteiger partial charge is 0.329 e. The van der Waals surface area contributed by atoms with E-state index in [0.717, 1.165) is 12.1 Å². The number of nitrogens with one attached hydrogen (secondary N) is 1. The van der Waals surface area contributed by atoms with E-state index in [9.17, 15) is 27.2 Å². The lowest BCUT2D eigenvalue weighted by Crippen LogP contribution is -2.15. The number of benzene rings is 1. The number of ketones is 1. The third-order valence-electron chi connectivity index (χ3n) is 4.44. The van der Waals surface area contributed by atoms with Crippen molar-refractivity contribution in [2.75, 3.05) is 0 Å². The van der Waals surface area contributed by atoms with Crippen LogP contribution in [-0.2, 0) is 17.4 Å². The number of hydrogen-bond acceptors (Lipinski definition) is 3. The number of aromatic amines is 1. The van der Waals surface area contributed by atoms with E-state index < -0.39 is 23.5 Å². The molecule has 4 nitrogen and oxygen atoms in total. The minimum absolute atomic E-state index is 0.0115. The van der Waals surface area contributed by atoms with Crippen molar-refractivity contribution in [3.63, 3.8) is 0 Å². The van der Waals surface area contributed by atoms with Crippen molar-refractivity contribution < 1.29 is 22.4 Å². The van der Waals surface area contributed by atoms with Gasteiger partial charge in [-0.2, -0.15) is 13.2 Å². The van der Waals surface area contributed by atoms with Crippen LogP contribution in [0.4, 0.5) is 17.6 Å². The van der Waals surface area contributed by atoms with Crippen molar-refractivity contribution in [2.24, 2.45) is 0 Å². The van der Waals surface area contributed by atoms with Crippen molar-refractivity contribution in [1.29, 1.82) is 0 Å². The summed E-state index contributed by atoms with van der Waals surface area (Å²) in [7, 11) is 0. The number of H-pyrrole nitrogens is 1. The molecule has 0 saturated carbocycles. The summed E-state index contributed by atoms with van der Waals surface area (Å²) in [5.74, 6) is -1.75. The first kappa shape index (κ1) is 20.4. The predicted octanol–water partition coefficient (Wildman–Crippen LogP) is 4.26. The van der Waals surface area contributed by atoms with Crippen LogP contribution in [0.1, 0.15) is 34.7 Å². The molecule has 8 heteroatoms. The van der Waals surface area contributed by atoms with Crippen LogP contribution in [0.25, 0.3) is 0 Å². The Kier molecular flexibility index (Phi) is 5.91. The number of carbonyl (C=O) groups is 1. The zero-order chi connectivity index (χ0) is 21.0. The van der Waals surface area contributed by atoms with Gasteiger partial charge in [0.1, 0.15) is 11.6 Å². The molecule has 0 spiro atoms. The Morgan fingerprint density at radius 2 is 1.79 bits per heavy atom. The van der Waals surface area contributed by atoms with Crippen molar-refractivity contribution in [3.8, 4) is 0 Å². The van der Waals surface area contributed by atoms with E-state index in [2.05, 4.69) is 9.97 Å². The molecular weight excluding hydrogens is 388 g/mol. The first-order valence-electron chi connectivity index (χ1n) is 8.71. The van der Waals surface area contributed by atoms with Crippen LogP contribution >= 0.6 is 0 Å². The number of aromatic nitrogens is 2. The van der Waals surface area contributed by atoms with Gasteiger partial charge in [0, 0.05) is 37.2 Å².